The van der Waals surface area contributed by atoms with E-state index >= 15 is 0 Å². The molecule has 0 bridgehead atoms. The molecule has 1 N–H and O–H groups in total. The van der Waals surface area contributed by atoms with Gasteiger partial charge in [-0.1, -0.05) is 18.2 Å². The molecule has 102 valence electrons. The van der Waals surface area contributed by atoms with Crippen LogP contribution in [0, 0.1) is 0 Å². The molecular formula is C14H16N6. The summed E-state index contributed by atoms with van der Waals surface area (Å²) in [5.74, 6) is 0.729. The minimum atomic E-state index is 0.132. The maximum atomic E-state index is 4.39. The lowest BCUT2D eigenvalue weighted by molar-refractivity contribution is 0.573. The fourth-order valence-corrected chi connectivity index (χ4v) is 2.38. The Balaban J connectivity index is 1.98. The van der Waals surface area contributed by atoms with Gasteiger partial charge in [-0.3, -0.25) is 4.98 Å². The third kappa shape index (κ3) is 2.37. The highest BCUT2D eigenvalue weighted by molar-refractivity contribution is 5.82. The van der Waals surface area contributed by atoms with Crippen LogP contribution in [0.5, 0.6) is 0 Å². The molecular weight excluding hydrogens is 252 g/mol. The fraction of sp³-hybridized carbons (Fsp3) is 0.286. The van der Waals surface area contributed by atoms with E-state index in [4.69, 9.17) is 0 Å². The average molecular weight is 268 g/mol. The predicted molar refractivity (Wildman–Crippen MR) is 76.0 cm³/mol. The third-order valence-electron chi connectivity index (χ3n) is 3.34. The van der Waals surface area contributed by atoms with Crippen LogP contribution in [0.4, 0.5) is 0 Å². The van der Waals surface area contributed by atoms with E-state index in [1.54, 1.807) is 7.05 Å². The fourth-order valence-electron chi connectivity index (χ4n) is 2.38. The number of rotatable bonds is 4. The van der Waals surface area contributed by atoms with E-state index in [-0.39, 0.29) is 6.04 Å². The monoisotopic (exact) mass is 268 g/mol. The molecule has 2 heterocycles. The number of nitrogens with one attached hydrogen (secondary N) is 1. The van der Waals surface area contributed by atoms with Crippen LogP contribution in [-0.2, 0) is 13.5 Å². The second kappa shape index (κ2) is 5.34. The van der Waals surface area contributed by atoms with Gasteiger partial charge in [-0.2, -0.15) is 4.80 Å². The number of hydrogen-bond donors (Lipinski definition) is 1. The minimum Gasteiger partial charge on any atom is -0.313 e. The van der Waals surface area contributed by atoms with Gasteiger partial charge in [-0.25, -0.2) is 0 Å². The zero-order valence-electron chi connectivity index (χ0n) is 11.5. The first kappa shape index (κ1) is 12.7. The van der Waals surface area contributed by atoms with Gasteiger partial charge in [0.2, 0.25) is 0 Å². The molecule has 20 heavy (non-hydrogen) atoms. The van der Waals surface area contributed by atoms with Gasteiger partial charge in [-0.05, 0) is 30.0 Å². The molecule has 3 aromatic rings. The highest BCUT2D eigenvalue weighted by Gasteiger charge is 2.16. The summed E-state index contributed by atoms with van der Waals surface area (Å²) in [6, 6.07) is 10.3. The minimum absolute atomic E-state index is 0.132. The summed E-state index contributed by atoms with van der Waals surface area (Å²) < 4.78 is 0. The van der Waals surface area contributed by atoms with Crippen LogP contribution in [0.25, 0.3) is 10.9 Å². The van der Waals surface area contributed by atoms with Gasteiger partial charge in [0.05, 0.1) is 12.6 Å². The molecule has 6 heteroatoms. The van der Waals surface area contributed by atoms with Gasteiger partial charge in [0.25, 0.3) is 0 Å². The number of fused-ring (bicyclic) bond motifs is 1. The molecule has 0 aliphatic rings. The van der Waals surface area contributed by atoms with Crippen LogP contribution in [0.2, 0.25) is 0 Å². The van der Waals surface area contributed by atoms with Gasteiger partial charge < -0.3 is 5.32 Å². The first-order chi connectivity index (χ1) is 9.78. The number of hydrogen-bond acceptors (Lipinski definition) is 5. The van der Waals surface area contributed by atoms with E-state index in [1.165, 1.54) is 10.4 Å². The lowest BCUT2D eigenvalue weighted by Crippen LogP contribution is -2.20. The van der Waals surface area contributed by atoms with Gasteiger partial charge >= 0.3 is 0 Å². The van der Waals surface area contributed by atoms with Gasteiger partial charge in [-0.15, -0.1) is 10.2 Å². The summed E-state index contributed by atoms with van der Waals surface area (Å²) in [6.45, 7) is 0. The highest BCUT2D eigenvalue weighted by Crippen LogP contribution is 2.24. The van der Waals surface area contributed by atoms with Crippen molar-refractivity contribution in [3.05, 3.63) is 47.9 Å². The molecule has 0 spiro atoms. The van der Waals surface area contributed by atoms with Crippen molar-refractivity contribution in [3.8, 4) is 0 Å². The zero-order valence-corrected chi connectivity index (χ0v) is 11.5. The Bertz CT molecular complexity index is 715. The SMILES string of the molecule is CNC(Cc1nnn(C)n1)c1ccnc2ccccc12. The van der Waals surface area contributed by atoms with Gasteiger partial charge in [0.1, 0.15) is 0 Å². The second-order valence-corrected chi connectivity index (χ2v) is 4.66. The van der Waals surface area contributed by atoms with E-state index < -0.39 is 0 Å². The lowest BCUT2D eigenvalue weighted by Gasteiger charge is -2.16. The second-order valence-electron chi connectivity index (χ2n) is 4.66. The van der Waals surface area contributed by atoms with Crippen molar-refractivity contribution in [2.75, 3.05) is 7.05 Å². The summed E-state index contributed by atoms with van der Waals surface area (Å²) in [4.78, 5) is 5.87. The summed E-state index contributed by atoms with van der Waals surface area (Å²) in [5, 5.41) is 16.6. The van der Waals surface area contributed by atoms with Crippen molar-refractivity contribution in [1.29, 1.82) is 0 Å². The lowest BCUT2D eigenvalue weighted by atomic mass is 9.99. The molecule has 0 saturated heterocycles. The molecule has 1 aromatic carbocycles. The number of benzene rings is 1. The molecule has 0 amide bonds. The highest BCUT2D eigenvalue weighted by atomic mass is 15.6. The Kier molecular flexibility index (Phi) is 3.39. The molecule has 0 saturated carbocycles. The Morgan fingerprint density at radius 2 is 2.10 bits per heavy atom. The first-order valence-corrected chi connectivity index (χ1v) is 6.51. The Hall–Kier alpha value is -2.34. The molecule has 0 fully saturated rings. The van der Waals surface area contributed by atoms with Crippen LogP contribution >= 0.6 is 0 Å². The maximum absolute atomic E-state index is 4.39. The van der Waals surface area contributed by atoms with Crippen LogP contribution in [0.3, 0.4) is 0 Å². The largest absolute Gasteiger partial charge is 0.313 e. The summed E-state index contributed by atoms with van der Waals surface area (Å²) >= 11 is 0. The Labute approximate surface area is 116 Å². The van der Waals surface area contributed by atoms with Crippen molar-refractivity contribution in [3.63, 3.8) is 0 Å². The van der Waals surface area contributed by atoms with Crippen molar-refractivity contribution in [1.82, 2.24) is 30.5 Å². The third-order valence-corrected chi connectivity index (χ3v) is 3.34. The zero-order chi connectivity index (χ0) is 13.9. The number of likely N-dealkylation sites (N-methyl/N-ethyl adjacent to an activating group) is 1. The number of aryl methyl sites for hydroxylation is 1. The van der Waals surface area contributed by atoms with Crippen LogP contribution in [0.1, 0.15) is 17.4 Å². The van der Waals surface area contributed by atoms with Crippen molar-refractivity contribution in [2.45, 2.75) is 12.5 Å². The topological polar surface area (TPSA) is 68.5 Å². The number of aromatic nitrogens is 5. The summed E-state index contributed by atoms with van der Waals surface area (Å²) in [6.07, 6.45) is 2.53. The molecule has 1 unspecified atom stereocenters. The number of para-hydroxylation sites is 1. The van der Waals surface area contributed by atoms with E-state index in [0.717, 1.165) is 16.7 Å². The van der Waals surface area contributed by atoms with Crippen LogP contribution in [0.15, 0.2) is 36.5 Å². The number of pyridine rings is 1. The van der Waals surface area contributed by atoms with Crippen molar-refractivity contribution < 1.29 is 0 Å². The molecule has 1 atom stereocenters. The van der Waals surface area contributed by atoms with Crippen molar-refractivity contribution in [2.24, 2.45) is 7.05 Å². The van der Waals surface area contributed by atoms with Gasteiger partial charge in [0, 0.05) is 24.0 Å². The Morgan fingerprint density at radius 3 is 2.85 bits per heavy atom. The molecule has 6 nitrogen and oxygen atoms in total. The molecule has 2 aromatic heterocycles. The smallest absolute Gasteiger partial charge is 0.176 e. The van der Waals surface area contributed by atoms with Crippen LogP contribution < -0.4 is 5.32 Å². The van der Waals surface area contributed by atoms with Crippen molar-refractivity contribution >= 4 is 10.9 Å². The molecule has 3 rings (SSSR count). The number of nitrogens with zero attached hydrogens (tertiary/aromatic N) is 5. The van der Waals surface area contributed by atoms with Crippen LogP contribution in [-0.4, -0.2) is 32.2 Å². The summed E-state index contributed by atoms with van der Waals surface area (Å²) in [5.41, 5.74) is 2.20. The average Bonchev–Trinajstić information content (AvgIpc) is 2.89. The van der Waals surface area contributed by atoms with E-state index in [9.17, 15) is 0 Å². The molecule has 0 aliphatic carbocycles. The first-order valence-electron chi connectivity index (χ1n) is 6.51. The van der Waals surface area contributed by atoms with Gasteiger partial charge in [0.15, 0.2) is 5.82 Å². The number of tetrazole rings is 1. The maximum Gasteiger partial charge on any atom is 0.176 e. The van der Waals surface area contributed by atoms with E-state index in [1.807, 2.05) is 37.5 Å². The molecule has 0 aliphatic heterocycles. The predicted octanol–water partition coefficient (Wildman–Crippen LogP) is 1.26. The summed E-state index contributed by atoms with van der Waals surface area (Å²) in [7, 11) is 3.71. The van der Waals surface area contributed by atoms with E-state index in [2.05, 4.69) is 31.8 Å². The quantitative estimate of drug-likeness (QED) is 0.771. The van der Waals surface area contributed by atoms with E-state index in [0.29, 0.717) is 6.42 Å². The molecule has 0 radical (unpaired) electrons. The Morgan fingerprint density at radius 1 is 1.25 bits per heavy atom. The standard InChI is InChI=1S/C14H16N6/c1-15-13(9-14-17-19-20(2)18-14)11-7-8-16-12-6-4-3-5-10(11)12/h3-8,13,15H,9H2,1-2H3. The normalized spacial score (nSPS) is 12.7.